The number of aromatic nitrogens is 1. The van der Waals surface area contributed by atoms with Crippen LogP contribution in [0.2, 0.25) is 0 Å². The van der Waals surface area contributed by atoms with Crippen LogP contribution in [-0.4, -0.2) is 69.0 Å². The predicted molar refractivity (Wildman–Crippen MR) is 163 cm³/mol. The summed E-state index contributed by atoms with van der Waals surface area (Å²) in [6.07, 6.45) is 1.58. The Morgan fingerprint density at radius 1 is 0.841 bits per heavy atom. The zero-order chi connectivity index (χ0) is 32.4. The first-order valence-electron chi connectivity index (χ1n) is 14.3. The third-order valence-electron chi connectivity index (χ3n) is 7.10. The number of nitrogens with one attached hydrogen (secondary N) is 4. The van der Waals surface area contributed by atoms with Crippen molar-refractivity contribution < 1.29 is 34.2 Å². The lowest BCUT2D eigenvalue weighted by atomic mass is 10.0. The van der Waals surface area contributed by atoms with Gasteiger partial charge in [0.1, 0.15) is 23.9 Å². The molecule has 3 rings (SSSR count). The molecule has 10 N–H and O–H groups in total. The van der Waals surface area contributed by atoms with Gasteiger partial charge in [0.2, 0.25) is 23.6 Å². The number of fused-ring (bicyclic) bond motifs is 1. The molecule has 4 unspecified atom stereocenters. The first-order chi connectivity index (χ1) is 20.8. The van der Waals surface area contributed by atoms with Gasteiger partial charge >= 0.3 is 5.97 Å². The summed E-state index contributed by atoms with van der Waals surface area (Å²) in [4.78, 5) is 66.7. The minimum atomic E-state index is -1.38. The van der Waals surface area contributed by atoms with Gasteiger partial charge in [-0.25, -0.2) is 4.79 Å². The molecule has 3 aromatic rings. The third-order valence-corrected chi connectivity index (χ3v) is 7.10. The van der Waals surface area contributed by atoms with Gasteiger partial charge in [-0.3, -0.25) is 19.2 Å². The van der Waals surface area contributed by atoms with Crippen molar-refractivity contribution >= 4 is 40.5 Å². The van der Waals surface area contributed by atoms with E-state index < -0.39 is 53.8 Å². The highest BCUT2D eigenvalue weighted by atomic mass is 16.4. The summed E-state index contributed by atoms with van der Waals surface area (Å²) in [5.74, 6) is -4.04. The Balaban J connectivity index is 1.83. The van der Waals surface area contributed by atoms with Gasteiger partial charge in [0.25, 0.3) is 0 Å². The van der Waals surface area contributed by atoms with Gasteiger partial charge in [0.05, 0.1) is 6.04 Å². The molecule has 0 aliphatic heterocycles. The lowest BCUT2D eigenvalue weighted by Crippen LogP contribution is -2.58. The van der Waals surface area contributed by atoms with Crippen molar-refractivity contribution in [1.29, 1.82) is 0 Å². The van der Waals surface area contributed by atoms with E-state index in [0.717, 1.165) is 16.5 Å². The smallest absolute Gasteiger partial charge is 0.326 e. The van der Waals surface area contributed by atoms with Crippen molar-refractivity contribution in [3.05, 3.63) is 65.9 Å². The van der Waals surface area contributed by atoms with Crippen LogP contribution in [-0.2, 0) is 36.8 Å². The minimum absolute atomic E-state index is 0.00154. The fraction of sp³-hybridized carbons (Fsp3) is 0.387. The predicted octanol–water partition coefficient (Wildman–Crippen LogP) is 0.837. The molecule has 0 radical (unpaired) electrons. The molecule has 13 heteroatoms. The lowest BCUT2D eigenvalue weighted by Gasteiger charge is -2.25. The number of hydrogen-bond donors (Lipinski definition) is 8. The molecular formula is C31H40N6O7. The standard InChI is InChI=1S/C31H40N6O7/c1-17(2)13-22(32)28(40)36-25(15-19-16-34-23-6-4-3-5-21(19)23)30(42)35-24(11-12-27(33)39)29(41)37-26(31(43)44)14-18-7-9-20(38)10-8-18/h3-10,16-17,22,24-26,34,38H,11-15,32H2,1-2H3,(H2,33,39)(H,35,42)(H,36,40)(H,37,41)(H,43,44). The van der Waals surface area contributed by atoms with Crippen LogP contribution < -0.4 is 27.4 Å². The Hall–Kier alpha value is -4.91. The van der Waals surface area contributed by atoms with E-state index in [-0.39, 0.29) is 37.4 Å². The van der Waals surface area contributed by atoms with Crippen LogP contribution in [0.3, 0.4) is 0 Å². The molecule has 0 spiro atoms. The Kier molecular flexibility index (Phi) is 11.9. The third kappa shape index (κ3) is 9.83. The fourth-order valence-electron chi connectivity index (χ4n) is 4.79. The summed E-state index contributed by atoms with van der Waals surface area (Å²) >= 11 is 0. The summed E-state index contributed by atoms with van der Waals surface area (Å²) in [5, 5.41) is 27.8. The number of phenolic OH excluding ortho intramolecular Hbond substituents is 1. The number of rotatable bonds is 16. The highest BCUT2D eigenvalue weighted by Crippen LogP contribution is 2.20. The number of carbonyl (C=O) groups is 5. The molecule has 236 valence electrons. The van der Waals surface area contributed by atoms with Crippen molar-refractivity contribution in [1.82, 2.24) is 20.9 Å². The van der Waals surface area contributed by atoms with Crippen molar-refractivity contribution in [2.45, 2.75) is 70.1 Å². The fourth-order valence-corrected chi connectivity index (χ4v) is 4.79. The van der Waals surface area contributed by atoms with Crippen LogP contribution in [0.15, 0.2) is 54.7 Å². The van der Waals surface area contributed by atoms with E-state index in [2.05, 4.69) is 20.9 Å². The minimum Gasteiger partial charge on any atom is -0.508 e. The van der Waals surface area contributed by atoms with Gasteiger partial charge < -0.3 is 42.6 Å². The number of aliphatic carboxylic acids is 1. The molecule has 1 aromatic heterocycles. The van der Waals surface area contributed by atoms with Gasteiger partial charge in [0, 0.05) is 36.4 Å². The molecule has 0 saturated carbocycles. The molecule has 4 atom stereocenters. The Morgan fingerprint density at radius 3 is 2.09 bits per heavy atom. The number of para-hydroxylation sites is 1. The van der Waals surface area contributed by atoms with Crippen LogP contribution in [0.25, 0.3) is 10.9 Å². The molecule has 0 fully saturated rings. The van der Waals surface area contributed by atoms with Gasteiger partial charge in [-0.05, 0) is 48.1 Å². The SMILES string of the molecule is CC(C)CC(N)C(=O)NC(Cc1c[nH]c2ccccc12)C(=O)NC(CCC(N)=O)C(=O)NC(Cc1ccc(O)cc1)C(=O)O. The number of benzene rings is 2. The van der Waals surface area contributed by atoms with Crippen LogP contribution in [0, 0.1) is 5.92 Å². The van der Waals surface area contributed by atoms with Crippen molar-refractivity contribution in [3.8, 4) is 5.75 Å². The highest BCUT2D eigenvalue weighted by molar-refractivity contribution is 5.95. The molecule has 0 aliphatic carbocycles. The number of phenols is 1. The zero-order valence-electron chi connectivity index (χ0n) is 24.7. The first-order valence-corrected chi connectivity index (χ1v) is 14.3. The maximum atomic E-state index is 13.7. The summed E-state index contributed by atoms with van der Waals surface area (Å²) < 4.78 is 0. The van der Waals surface area contributed by atoms with Gasteiger partial charge in [-0.1, -0.05) is 44.2 Å². The van der Waals surface area contributed by atoms with E-state index in [1.54, 1.807) is 6.20 Å². The first kappa shape index (κ1) is 33.6. The maximum Gasteiger partial charge on any atom is 0.326 e. The van der Waals surface area contributed by atoms with Gasteiger partial charge in [0.15, 0.2) is 0 Å². The number of hydrogen-bond acceptors (Lipinski definition) is 7. The van der Waals surface area contributed by atoms with E-state index in [1.807, 2.05) is 38.1 Å². The van der Waals surface area contributed by atoms with Crippen LogP contribution >= 0.6 is 0 Å². The van der Waals surface area contributed by atoms with Crippen LogP contribution in [0.4, 0.5) is 0 Å². The van der Waals surface area contributed by atoms with E-state index in [9.17, 15) is 34.2 Å². The number of carboxylic acids is 1. The average molecular weight is 609 g/mol. The molecule has 1 heterocycles. The topological polar surface area (TPSA) is 230 Å². The second kappa shape index (κ2) is 15.5. The zero-order valence-corrected chi connectivity index (χ0v) is 24.7. The van der Waals surface area contributed by atoms with Crippen molar-refractivity contribution in [2.75, 3.05) is 0 Å². The van der Waals surface area contributed by atoms with E-state index in [4.69, 9.17) is 11.5 Å². The number of H-pyrrole nitrogens is 1. The summed E-state index contributed by atoms with van der Waals surface area (Å²) in [5.41, 5.74) is 13.5. The lowest BCUT2D eigenvalue weighted by molar-refractivity contribution is -0.142. The Labute approximate surface area is 254 Å². The number of aromatic amines is 1. The van der Waals surface area contributed by atoms with Crippen LogP contribution in [0.1, 0.15) is 44.2 Å². The largest absolute Gasteiger partial charge is 0.508 e. The highest BCUT2D eigenvalue weighted by Gasteiger charge is 2.31. The summed E-state index contributed by atoms with van der Waals surface area (Å²) in [6.45, 7) is 3.83. The normalized spacial score (nSPS) is 13.9. The van der Waals surface area contributed by atoms with Crippen molar-refractivity contribution in [2.24, 2.45) is 17.4 Å². The number of amides is 4. The summed E-state index contributed by atoms with van der Waals surface area (Å²) in [6, 6.07) is 8.49. The second-order valence-electron chi connectivity index (χ2n) is 11.2. The van der Waals surface area contributed by atoms with Gasteiger partial charge in [-0.15, -0.1) is 0 Å². The molecular weight excluding hydrogens is 568 g/mol. The average Bonchev–Trinajstić information content (AvgIpc) is 3.37. The van der Waals surface area contributed by atoms with E-state index in [0.29, 0.717) is 12.0 Å². The molecule has 2 aromatic carbocycles. The van der Waals surface area contributed by atoms with E-state index >= 15 is 0 Å². The number of primary amides is 1. The van der Waals surface area contributed by atoms with E-state index in [1.165, 1.54) is 24.3 Å². The molecule has 44 heavy (non-hydrogen) atoms. The van der Waals surface area contributed by atoms with Gasteiger partial charge in [-0.2, -0.15) is 0 Å². The van der Waals surface area contributed by atoms with Crippen molar-refractivity contribution in [3.63, 3.8) is 0 Å². The second-order valence-corrected chi connectivity index (χ2v) is 11.2. The molecule has 0 bridgehead atoms. The molecule has 4 amide bonds. The molecule has 0 saturated heterocycles. The molecule has 13 nitrogen and oxygen atoms in total. The number of carboxylic acid groups (broad SMARTS) is 1. The number of nitrogens with two attached hydrogens (primary N) is 2. The molecule has 0 aliphatic rings. The Morgan fingerprint density at radius 2 is 1.45 bits per heavy atom. The maximum absolute atomic E-state index is 13.7. The number of aromatic hydroxyl groups is 1. The Bertz CT molecular complexity index is 1470. The number of carbonyl (C=O) groups excluding carboxylic acids is 4. The van der Waals surface area contributed by atoms with Crippen LogP contribution in [0.5, 0.6) is 5.75 Å². The monoisotopic (exact) mass is 608 g/mol. The summed E-state index contributed by atoms with van der Waals surface area (Å²) in [7, 11) is 0. The quantitative estimate of drug-likeness (QED) is 0.116.